The molecule has 0 heterocycles. The number of hydrogen-bond acceptors (Lipinski definition) is 0. The number of hydrogen-bond donors (Lipinski definition) is 0. The molecular formula is C12H23F3. The van der Waals surface area contributed by atoms with E-state index in [1.54, 1.807) is 27.7 Å². The van der Waals surface area contributed by atoms with Gasteiger partial charge in [-0.2, -0.15) is 0 Å². The van der Waals surface area contributed by atoms with Crippen molar-refractivity contribution in [2.75, 3.05) is 0 Å². The van der Waals surface area contributed by atoms with Gasteiger partial charge in [0, 0.05) is 10.8 Å². The Bertz CT molecular complexity index is 211. The van der Waals surface area contributed by atoms with Gasteiger partial charge < -0.3 is 0 Å². The summed E-state index contributed by atoms with van der Waals surface area (Å²) in [5, 5.41) is 0. The lowest BCUT2D eigenvalue weighted by molar-refractivity contribution is -0.187. The standard InChI is InChI=1S/C12H23F3/c1-8(2)11(6,7)9(13)12(14,15)10(3,4)5/h8-9H,1-7H3. The monoisotopic (exact) mass is 224 g/mol. The zero-order chi connectivity index (χ0) is 12.7. The van der Waals surface area contributed by atoms with Crippen LogP contribution in [0.4, 0.5) is 13.2 Å². The molecule has 3 heteroatoms. The Labute approximate surface area is 91.3 Å². The first-order chi connectivity index (χ1) is 6.35. The summed E-state index contributed by atoms with van der Waals surface area (Å²) in [7, 11) is 0. The van der Waals surface area contributed by atoms with Crippen molar-refractivity contribution >= 4 is 0 Å². The van der Waals surface area contributed by atoms with E-state index < -0.39 is 22.9 Å². The van der Waals surface area contributed by atoms with Gasteiger partial charge in [-0.25, -0.2) is 13.2 Å². The van der Waals surface area contributed by atoms with Crippen LogP contribution in [0, 0.1) is 16.7 Å². The second kappa shape index (κ2) is 3.99. The van der Waals surface area contributed by atoms with Crippen LogP contribution in [0.25, 0.3) is 0 Å². The highest BCUT2D eigenvalue weighted by Crippen LogP contribution is 2.48. The SMILES string of the molecule is CC(C)C(C)(C)C(F)C(F)(F)C(C)(C)C. The van der Waals surface area contributed by atoms with Crippen LogP contribution in [0.3, 0.4) is 0 Å². The van der Waals surface area contributed by atoms with Crippen molar-refractivity contribution in [3.8, 4) is 0 Å². The highest BCUT2D eigenvalue weighted by Gasteiger charge is 2.56. The molecule has 0 aliphatic rings. The zero-order valence-electron chi connectivity index (χ0n) is 10.8. The Morgan fingerprint density at radius 3 is 1.40 bits per heavy atom. The second-order valence-electron chi connectivity index (χ2n) is 6.21. The van der Waals surface area contributed by atoms with Gasteiger partial charge in [0.25, 0.3) is 5.92 Å². The van der Waals surface area contributed by atoms with Crippen LogP contribution in [0.15, 0.2) is 0 Å². The molecule has 0 rings (SSSR count). The fourth-order valence-electron chi connectivity index (χ4n) is 1.14. The highest BCUT2D eigenvalue weighted by molar-refractivity contribution is 4.96. The summed E-state index contributed by atoms with van der Waals surface area (Å²) in [4.78, 5) is 0. The Balaban J connectivity index is 5.09. The summed E-state index contributed by atoms with van der Waals surface area (Å²) < 4.78 is 41.6. The Hall–Kier alpha value is -0.210. The van der Waals surface area contributed by atoms with Gasteiger partial charge >= 0.3 is 0 Å². The molecule has 0 aliphatic heterocycles. The summed E-state index contributed by atoms with van der Waals surface area (Å²) in [6.07, 6.45) is -2.12. The lowest BCUT2D eigenvalue weighted by atomic mass is 9.70. The van der Waals surface area contributed by atoms with Crippen LogP contribution >= 0.6 is 0 Å². The number of alkyl halides is 3. The quantitative estimate of drug-likeness (QED) is 0.652. The first kappa shape index (κ1) is 14.8. The van der Waals surface area contributed by atoms with Crippen molar-refractivity contribution in [2.24, 2.45) is 16.7 Å². The van der Waals surface area contributed by atoms with E-state index >= 15 is 0 Å². The van der Waals surface area contributed by atoms with Crippen LogP contribution < -0.4 is 0 Å². The molecule has 0 saturated carbocycles. The van der Waals surface area contributed by atoms with E-state index in [2.05, 4.69) is 0 Å². The van der Waals surface area contributed by atoms with Gasteiger partial charge in [0.15, 0.2) is 6.17 Å². The Morgan fingerprint density at radius 1 is 0.867 bits per heavy atom. The fraction of sp³-hybridized carbons (Fsp3) is 1.00. The fourth-order valence-corrected chi connectivity index (χ4v) is 1.14. The van der Waals surface area contributed by atoms with Crippen molar-refractivity contribution < 1.29 is 13.2 Å². The van der Waals surface area contributed by atoms with Crippen LogP contribution in [0.5, 0.6) is 0 Å². The third kappa shape index (κ3) is 2.67. The minimum absolute atomic E-state index is 0.124. The van der Waals surface area contributed by atoms with Crippen LogP contribution in [0.2, 0.25) is 0 Å². The molecule has 0 N–H and O–H groups in total. The molecule has 0 nitrogen and oxygen atoms in total. The summed E-state index contributed by atoms with van der Waals surface area (Å²) in [6.45, 7) is 10.8. The maximum Gasteiger partial charge on any atom is 0.283 e. The Morgan fingerprint density at radius 2 is 1.20 bits per heavy atom. The van der Waals surface area contributed by atoms with E-state index in [-0.39, 0.29) is 5.92 Å². The van der Waals surface area contributed by atoms with Crippen LogP contribution in [-0.4, -0.2) is 12.1 Å². The first-order valence-corrected chi connectivity index (χ1v) is 5.37. The predicted molar refractivity (Wildman–Crippen MR) is 57.9 cm³/mol. The summed E-state index contributed by atoms with van der Waals surface area (Å²) in [6, 6.07) is 0. The third-order valence-electron chi connectivity index (χ3n) is 3.46. The highest BCUT2D eigenvalue weighted by atomic mass is 19.3. The van der Waals surface area contributed by atoms with Gasteiger partial charge in [-0.05, 0) is 5.92 Å². The lowest BCUT2D eigenvalue weighted by Crippen LogP contribution is -2.51. The predicted octanol–water partition coefficient (Wildman–Crippen LogP) is 4.69. The molecule has 0 aromatic heterocycles. The topological polar surface area (TPSA) is 0 Å². The molecule has 0 aromatic carbocycles. The van der Waals surface area contributed by atoms with E-state index in [4.69, 9.17) is 0 Å². The minimum Gasteiger partial charge on any atom is -0.240 e. The van der Waals surface area contributed by atoms with Crippen molar-refractivity contribution in [1.29, 1.82) is 0 Å². The number of rotatable bonds is 3. The van der Waals surface area contributed by atoms with Crippen LogP contribution in [-0.2, 0) is 0 Å². The number of halogens is 3. The maximum atomic E-state index is 14.0. The molecule has 0 bridgehead atoms. The molecule has 0 aromatic rings. The molecule has 1 unspecified atom stereocenters. The van der Waals surface area contributed by atoms with Crippen molar-refractivity contribution in [1.82, 2.24) is 0 Å². The molecule has 15 heavy (non-hydrogen) atoms. The lowest BCUT2D eigenvalue weighted by Gasteiger charge is -2.42. The van der Waals surface area contributed by atoms with Gasteiger partial charge in [0.1, 0.15) is 0 Å². The summed E-state index contributed by atoms with van der Waals surface area (Å²) in [5.74, 6) is -3.43. The van der Waals surface area contributed by atoms with Crippen molar-refractivity contribution in [3.63, 3.8) is 0 Å². The van der Waals surface area contributed by atoms with E-state index in [9.17, 15) is 13.2 Å². The average Bonchev–Trinajstić information content (AvgIpc) is 2.00. The van der Waals surface area contributed by atoms with E-state index in [1.165, 1.54) is 20.8 Å². The molecule has 0 fully saturated rings. The molecule has 0 amide bonds. The minimum atomic E-state index is -3.30. The summed E-state index contributed by atoms with van der Waals surface area (Å²) >= 11 is 0. The van der Waals surface area contributed by atoms with Crippen molar-refractivity contribution in [3.05, 3.63) is 0 Å². The molecular weight excluding hydrogens is 201 g/mol. The molecule has 0 radical (unpaired) electrons. The largest absolute Gasteiger partial charge is 0.283 e. The normalized spacial score (nSPS) is 17.0. The molecule has 1 atom stereocenters. The molecule has 0 aliphatic carbocycles. The smallest absolute Gasteiger partial charge is 0.240 e. The average molecular weight is 224 g/mol. The Kier molecular flexibility index (Phi) is 3.93. The molecule has 0 saturated heterocycles. The van der Waals surface area contributed by atoms with Gasteiger partial charge in [-0.1, -0.05) is 48.5 Å². The summed E-state index contributed by atoms with van der Waals surface area (Å²) in [5.41, 5.74) is -2.37. The van der Waals surface area contributed by atoms with Gasteiger partial charge in [-0.15, -0.1) is 0 Å². The maximum absolute atomic E-state index is 14.0. The van der Waals surface area contributed by atoms with Crippen molar-refractivity contribution in [2.45, 2.75) is 60.6 Å². The van der Waals surface area contributed by atoms with E-state index in [0.29, 0.717) is 0 Å². The van der Waals surface area contributed by atoms with E-state index in [0.717, 1.165) is 0 Å². The zero-order valence-corrected chi connectivity index (χ0v) is 10.8. The van der Waals surface area contributed by atoms with Crippen LogP contribution in [0.1, 0.15) is 48.5 Å². The van der Waals surface area contributed by atoms with Gasteiger partial charge in [0.05, 0.1) is 0 Å². The second-order valence-corrected chi connectivity index (χ2v) is 6.21. The van der Waals surface area contributed by atoms with Gasteiger partial charge in [-0.3, -0.25) is 0 Å². The third-order valence-corrected chi connectivity index (χ3v) is 3.46. The molecule has 92 valence electrons. The molecule has 0 spiro atoms. The van der Waals surface area contributed by atoms with Gasteiger partial charge in [0.2, 0.25) is 0 Å². The first-order valence-electron chi connectivity index (χ1n) is 5.37. The van der Waals surface area contributed by atoms with E-state index in [1.807, 2.05) is 0 Å².